The highest BCUT2D eigenvalue weighted by molar-refractivity contribution is 5.96. The van der Waals surface area contributed by atoms with Crippen LogP contribution in [-0.2, 0) is 4.79 Å². The van der Waals surface area contributed by atoms with Crippen LogP contribution in [0.2, 0.25) is 0 Å². The third-order valence-electron chi connectivity index (χ3n) is 2.40. The number of nitrogens with zero attached hydrogens (tertiary/aromatic N) is 1. The van der Waals surface area contributed by atoms with Crippen molar-refractivity contribution in [3.05, 3.63) is 29.5 Å². The van der Waals surface area contributed by atoms with Gasteiger partial charge in [0, 0.05) is 11.6 Å². The van der Waals surface area contributed by atoms with Gasteiger partial charge in [0.2, 0.25) is 6.08 Å². The highest BCUT2D eigenvalue weighted by Gasteiger charge is 2.06. The summed E-state index contributed by atoms with van der Waals surface area (Å²) in [6.07, 6.45) is 3.30. The first-order valence-electron chi connectivity index (χ1n) is 4.39. The second kappa shape index (κ2) is 3.13. The third-order valence-corrected chi connectivity index (χ3v) is 2.40. The van der Waals surface area contributed by atoms with Gasteiger partial charge < -0.3 is 4.98 Å². The second-order valence-corrected chi connectivity index (χ2v) is 3.33. The Bertz CT molecular complexity index is 533. The average molecular weight is 186 g/mol. The number of nitrogens with one attached hydrogen (secondary N) is 1. The highest BCUT2D eigenvalue weighted by atomic mass is 16.1. The van der Waals surface area contributed by atoms with Crippen molar-refractivity contribution in [1.29, 1.82) is 0 Å². The summed E-state index contributed by atoms with van der Waals surface area (Å²) in [5, 5.41) is 1.01. The van der Waals surface area contributed by atoms with E-state index in [4.69, 9.17) is 0 Å². The maximum atomic E-state index is 10.2. The summed E-state index contributed by atoms with van der Waals surface area (Å²) < 4.78 is 0. The highest BCUT2D eigenvalue weighted by Crippen LogP contribution is 2.30. The van der Waals surface area contributed by atoms with Gasteiger partial charge in [-0.05, 0) is 25.0 Å². The summed E-state index contributed by atoms with van der Waals surface area (Å²) in [5.74, 6) is 0. The van der Waals surface area contributed by atoms with E-state index < -0.39 is 0 Å². The molecule has 2 rings (SSSR count). The first-order chi connectivity index (χ1) is 6.74. The molecule has 1 aromatic carbocycles. The van der Waals surface area contributed by atoms with Gasteiger partial charge in [0.25, 0.3) is 0 Å². The van der Waals surface area contributed by atoms with Crippen molar-refractivity contribution in [2.45, 2.75) is 13.8 Å². The monoisotopic (exact) mass is 186 g/mol. The quantitative estimate of drug-likeness (QED) is 0.540. The minimum absolute atomic E-state index is 0.663. The van der Waals surface area contributed by atoms with Gasteiger partial charge in [0.1, 0.15) is 5.69 Å². The number of fused-ring (bicyclic) bond motifs is 1. The van der Waals surface area contributed by atoms with Crippen molar-refractivity contribution in [3.8, 4) is 0 Å². The second-order valence-electron chi connectivity index (χ2n) is 3.33. The largest absolute Gasteiger partial charge is 0.359 e. The number of benzene rings is 1. The number of hydrogen-bond donors (Lipinski definition) is 1. The number of rotatable bonds is 1. The van der Waals surface area contributed by atoms with Crippen LogP contribution < -0.4 is 0 Å². The number of aromatic nitrogens is 1. The molecule has 3 heteroatoms. The van der Waals surface area contributed by atoms with Crippen LogP contribution in [0.15, 0.2) is 23.3 Å². The molecule has 1 heterocycles. The molecule has 0 aliphatic carbocycles. The van der Waals surface area contributed by atoms with Crippen LogP contribution in [-0.4, -0.2) is 11.1 Å². The molecule has 0 unspecified atom stereocenters. The van der Waals surface area contributed by atoms with Gasteiger partial charge >= 0.3 is 0 Å². The van der Waals surface area contributed by atoms with E-state index >= 15 is 0 Å². The summed E-state index contributed by atoms with van der Waals surface area (Å²) >= 11 is 0. The predicted octanol–water partition coefficient (Wildman–Crippen LogP) is 2.75. The van der Waals surface area contributed by atoms with Crippen LogP contribution in [0.3, 0.4) is 0 Å². The zero-order valence-corrected chi connectivity index (χ0v) is 8.09. The van der Waals surface area contributed by atoms with Crippen molar-refractivity contribution in [3.63, 3.8) is 0 Å². The molecule has 0 aliphatic rings. The summed E-state index contributed by atoms with van der Waals surface area (Å²) in [6.45, 7) is 4.02. The average Bonchev–Trinajstić information content (AvgIpc) is 2.58. The predicted molar refractivity (Wildman–Crippen MR) is 55.6 cm³/mol. The number of carbonyl (C=O) groups excluding carboxylic acids is 1. The number of isocyanates is 1. The van der Waals surface area contributed by atoms with E-state index in [-0.39, 0.29) is 0 Å². The first-order valence-corrected chi connectivity index (χ1v) is 4.39. The Morgan fingerprint density at radius 2 is 2.00 bits per heavy atom. The summed E-state index contributed by atoms with van der Waals surface area (Å²) in [6, 6.07) is 4.07. The van der Waals surface area contributed by atoms with E-state index in [2.05, 4.69) is 9.98 Å². The van der Waals surface area contributed by atoms with Gasteiger partial charge in [0.05, 0.1) is 5.52 Å². The van der Waals surface area contributed by atoms with E-state index in [1.54, 1.807) is 12.3 Å². The fraction of sp³-hybridized carbons (Fsp3) is 0.182. The maximum absolute atomic E-state index is 10.2. The number of H-pyrrole nitrogens is 1. The molecule has 0 amide bonds. The Kier molecular flexibility index (Phi) is 1.95. The number of aryl methyl sites for hydroxylation is 2. The normalized spacial score (nSPS) is 10.1. The van der Waals surface area contributed by atoms with Gasteiger partial charge in [-0.15, -0.1) is 0 Å². The molecule has 14 heavy (non-hydrogen) atoms. The van der Waals surface area contributed by atoms with Crippen LogP contribution >= 0.6 is 0 Å². The molecule has 0 spiro atoms. The fourth-order valence-electron chi connectivity index (χ4n) is 1.68. The lowest BCUT2D eigenvalue weighted by Crippen LogP contribution is -1.79. The number of hydrogen-bond acceptors (Lipinski definition) is 2. The van der Waals surface area contributed by atoms with Crippen molar-refractivity contribution >= 4 is 22.7 Å². The van der Waals surface area contributed by atoms with Crippen LogP contribution in [0, 0.1) is 13.8 Å². The van der Waals surface area contributed by atoms with Crippen LogP contribution in [0.5, 0.6) is 0 Å². The molecule has 0 saturated heterocycles. The molecule has 70 valence electrons. The standard InChI is InChI=1S/C11H10N2O/c1-7-3-4-8(2)11-10(7)9(5-12-11)13-6-14/h3-5,12H,1-2H3. The minimum atomic E-state index is 0.663. The molecule has 0 aliphatic heterocycles. The summed E-state index contributed by atoms with van der Waals surface area (Å²) in [5.41, 5.74) is 3.97. The maximum Gasteiger partial charge on any atom is 0.240 e. The van der Waals surface area contributed by atoms with Crippen molar-refractivity contribution < 1.29 is 4.79 Å². The molecule has 0 radical (unpaired) electrons. The molecule has 0 saturated carbocycles. The molecule has 1 aromatic heterocycles. The van der Waals surface area contributed by atoms with Crippen molar-refractivity contribution in [1.82, 2.24) is 4.98 Å². The Balaban J connectivity index is 2.90. The Hall–Kier alpha value is -1.86. The first kappa shape index (κ1) is 8.73. The van der Waals surface area contributed by atoms with Gasteiger partial charge in [-0.2, -0.15) is 4.99 Å². The molecule has 1 N–H and O–H groups in total. The molecular weight excluding hydrogens is 176 g/mol. The van der Waals surface area contributed by atoms with E-state index in [1.165, 1.54) is 0 Å². The molecule has 2 aromatic rings. The summed E-state index contributed by atoms with van der Waals surface area (Å²) in [7, 11) is 0. The molecule has 0 fully saturated rings. The van der Waals surface area contributed by atoms with Gasteiger partial charge in [-0.3, -0.25) is 0 Å². The Morgan fingerprint density at radius 3 is 2.71 bits per heavy atom. The lowest BCUT2D eigenvalue weighted by atomic mass is 10.1. The van der Waals surface area contributed by atoms with Gasteiger partial charge in [-0.25, -0.2) is 4.79 Å². The molecular formula is C11H10N2O. The van der Waals surface area contributed by atoms with E-state index in [9.17, 15) is 4.79 Å². The SMILES string of the molecule is Cc1ccc(C)c2c(N=C=O)c[nH]c12. The Labute approximate surface area is 81.5 Å². The smallest absolute Gasteiger partial charge is 0.240 e. The summed E-state index contributed by atoms with van der Waals surface area (Å²) in [4.78, 5) is 17.0. The fourth-order valence-corrected chi connectivity index (χ4v) is 1.68. The van der Waals surface area contributed by atoms with E-state index in [0.717, 1.165) is 22.0 Å². The van der Waals surface area contributed by atoms with E-state index in [0.29, 0.717) is 5.69 Å². The lowest BCUT2D eigenvalue weighted by molar-refractivity contribution is 0.565. The van der Waals surface area contributed by atoms with Crippen molar-refractivity contribution in [2.24, 2.45) is 4.99 Å². The molecule has 0 atom stereocenters. The third kappa shape index (κ3) is 1.15. The lowest BCUT2D eigenvalue weighted by Gasteiger charge is -1.99. The minimum Gasteiger partial charge on any atom is -0.359 e. The number of aromatic amines is 1. The molecule has 3 nitrogen and oxygen atoms in total. The van der Waals surface area contributed by atoms with Crippen LogP contribution in [0.1, 0.15) is 11.1 Å². The zero-order chi connectivity index (χ0) is 10.1. The van der Waals surface area contributed by atoms with Crippen molar-refractivity contribution in [2.75, 3.05) is 0 Å². The Morgan fingerprint density at radius 1 is 1.29 bits per heavy atom. The molecule has 0 bridgehead atoms. The number of aliphatic imine (C=N–C) groups is 1. The topological polar surface area (TPSA) is 45.2 Å². The zero-order valence-electron chi connectivity index (χ0n) is 8.09. The van der Waals surface area contributed by atoms with Gasteiger partial charge in [0.15, 0.2) is 0 Å². The van der Waals surface area contributed by atoms with Crippen LogP contribution in [0.4, 0.5) is 5.69 Å². The van der Waals surface area contributed by atoms with Crippen LogP contribution in [0.25, 0.3) is 10.9 Å². The van der Waals surface area contributed by atoms with Gasteiger partial charge in [-0.1, -0.05) is 12.1 Å². The van der Waals surface area contributed by atoms with E-state index in [1.807, 2.05) is 26.0 Å².